The van der Waals surface area contributed by atoms with E-state index in [1.54, 1.807) is 19.9 Å². The van der Waals surface area contributed by atoms with Crippen molar-refractivity contribution in [2.75, 3.05) is 19.4 Å². The van der Waals surface area contributed by atoms with Crippen molar-refractivity contribution in [2.24, 2.45) is 0 Å². The lowest BCUT2D eigenvalue weighted by molar-refractivity contribution is -0.137. The van der Waals surface area contributed by atoms with Crippen molar-refractivity contribution in [3.8, 4) is 5.69 Å². The molecule has 0 spiro atoms. The molecule has 0 fully saturated rings. The van der Waals surface area contributed by atoms with Crippen LogP contribution in [0, 0.1) is 13.8 Å². The van der Waals surface area contributed by atoms with Gasteiger partial charge in [-0.15, -0.1) is 0 Å². The van der Waals surface area contributed by atoms with Crippen LogP contribution in [0.5, 0.6) is 0 Å². The van der Waals surface area contributed by atoms with Crippen LogP contribution in [0.4, 0.5) is 18.9 Å². The summed E-state index contributed by atoms with van der Waals surface area (Å²) in [7, 11) is -1.10. The van der Waals surface area contributed by atoms with Gasteiger partial charge in [0.1, 0.15) is 0 Å². The summed E-state index contributed by atoms with van der Waals surface area (Å²) in [4.78, 5) is 12.9. The van der Waals surface area contributed by atoms with Gasteiger partial charge in [0, 0.05) is 32.1 Å². The summed E-state index contributed by atoms with van der Waals surface area (Å²) < 4.78 is 67.4. The predicted octanol–water partition coefficient (Wildman–Crippen LogP) is 4.01. The number of alkyl halides is 3. The number of hydrogen-bond donors (Lipinski definition) is 1. The van der Waals surface area contributed by atoms with Gasteiger partial charge in [-0.05, 0) is 61.4 Å². The van der Waals surface area contributed by atoms with E-state index >= 15 is 0 Å². The normalized spacial score (nSPS) is 12.2. The topological polar surface area (TPSA) is 84.3 Å². The molecule has 2 aromatic carbocycles. The number of carbonyl (C=O) groups excluding carboxylic acids is 1. The molecule has 7 nitrogen and oxygen atoms in total. The van der Waals surface area contributed by atoms with Gasteiger partial charge >= 0.3 is 6.18 Å². The van der Waals surface area contributed by atoms with E-state index in [2.05, 4.69) is 10.4 Å². The number of benzene rings is 2. The summed E-state index contributed by atoms with van der Waals surface area (Å²) in [6.07, 6.45) is -1.64. The number of hydrogen-bond acceptors (Lipinski definition) is 4. The number of aromatic nitrogens is 2. The average Bonchev–Trinajstić information content (AvgIpc) is 3.23. The minimum absolute atomic E-state index is 0.00245. The summed E-state index contributed by atoms with van der Waals surface area (Å²) >= 11 is 0. The minimum Gasteiger partial charge on any atom is -0.320 e. The summed E-state index contributed by atoms with van der Waals surface area (Å²) in [6, 6.07) is 7.20. The zero-order valence-electron chi connectivity index (χ0n) is 17.7. The Hall–Kier alpha value is -3.18. The molecule has 11 heteroatoms. The molecule has 0 aliphatic rings. The van der Waals surface area contributed by atoms with Crippen molar-refractivity contribution < 1.29 is 26.4 Å². The highest BCUT2D eigenvalue weighted by Gasteiger charge is 2.31. The summed E-state index contributed by atoms with van der Waals surface area (Å²) in [5.41, 5.74) is 0.183. The maximum Gasteiger partial charge on any atom is 0.416 e. The molecular formula is C21H21F3N4O3S. The number of amides is 1. The Bertz CT molecular complexity index is 1270. The van der Waals surface area contributed by atoms with E-state index in [9.17, 15) is 26.4 Å². The lowest BCUT2D eigenvalue weighted by Crippen LogP contribution is -2.24. The molecule has 0 aliphatic carbocycles. The molecule has 32 heavy (non-hydrogen) atoms. The molecule has 0 saturated heterocycles. The van der Waals surface area contributed by atoms with Crippen molar-refractivity contribution in [3.63, 3.8) is 0 Å². The maximum atomic E-state index is 13.3. The standard InChI is InChI=1S/C21H21F3N4O3S/c1-13-10-15(11-19(14(13)2)32(30,31)27(3)4)20(29)26-17-12-16(21(22,23)24)6-7-18(17)28-9-5-8-25-28/h5-12H,1-4H3,(H,26,29). The highest BCUT2D eigenvalue weighted by atomic mass is 32.2. The van der Waals surface area contributed by atoms with Gasteiger partial charge in [-0.25, -0.2) is 17.4 Å². The first-order valence-electron chi connectivity index (χ1n) is 9.38. The molecule has 0 bridgehead atoms. The lowest BCUT2D eigenvalue weighted by atomic mass is 10.1. The third-order valence-corrected chi connectivity index (χ3v) is 6.91. The third kappa shape index (κ3) is 4.53. The Morgan fingerprint density at radius 3 is 2.38 bits per heavy atom. The summed E-state index contributed by atoms with van der Waals surface area (Å²) in [5.74, 6) is -0.754. The van der Waals surface area contributed by atoms with E-state index < -0.39 is 27.7 Å². The van der Waals surface area contributed by atoms with E-state index in [1.165, 1.54) is 49.4 Å². The van der Waals surface area contributed by atoms with Gasteiger partial charge < -0.3 is 5.32 Å². The van der Waals surface area contributed by atoms with Crippen LogP contribution >= 0.6 is 0 Å². The highest BCUT2D eigenvalue weighted by molar-refractivity contribution is 7.89. The Kier molecular flexibility index (Phi) is 6.16. The number of anilines is 1. The Balaban J connectivity index is 2.08. The first kappa shape index (κ1) is 23.5. The number of halogens is 3. The summed E-state index contributed by atoms with van der Waals surface area (Å²) in [6.45, 7) is 3.27. The van der Waals surface area contributed by atoms with Crippen LogP contribution in [0.3, 0.4) is 0 Å². The molecule has 1 N–H and O–H groups in total. The average molecular weight is 466 g/mol. The van der Waals surface area contributed by atoms with E-state index in [4.69, 9.17) is 0 Å². The number of carbonyl (C=O) groups is 1. The minimum atomic E-state index is -4.62. The number of nitrogens with zero attached hydrogens (tertiary/aromatic N) is 3. The zero-order valence-corrected chi connectivity index (χ0v) is 18.5. The molecule has 1 heterocycles. The van der Waals surface area contributed by atoms with Gasteiger partial charge in [-0.1, -0.05) is 0 Å². The van der Waals surface area contributed by atoms with Crippen LogP contribution in [0.2, 0.25) is 0 Å². The Morgan fingerprint density at radius 2 is 1.81 bits per heavy atom. The molecule has 0 unspecified atom stereocenters. The third-order valence-electron chi connectivity index (χ3n) is 4.96. The van der Waals surface area contributed by atoms with Gasteiger partial charge in [0.25, 0.3) is 5.91 Å². The molecule has 170 valence electrons. The molecule has 3 aromatic rings. The SMILES string of the molecule is Cc1cc(C(=O)Nc2cc(C(F)(F)F)ccc2-n2cccn2)cc(S(=O)(=O)N(C)C)c1C. The van der Waals surface area contributed by atoms with Crippen molar-refractivity contribution >= 4 is 21.6 Å². The molecule has 3 rings (SSSR count). The maximum absolute atomic E-state index is 13.3. The monoisotopic (exact) mass is 466 g/mol. The van der Waals surface area contributed by atoms with Gasteiger partial charge in [0.15, 0.2) is 0 Å². The van der Waals surface area contributed by atoms with Gasteiger partial charge in [0.2, 0.25) is 10.0 Å². The quantitative estimate of drug-likeness (QED) is 0.616. The van der Waals surface area contributed by atoms with Crippen LogP contribution in [0.25, 0.3) is 5.69 Å². The largest absolute Gasteiger partial charge is 0.416 e. The van der Waals surface area contributed by atoms with E-state index in [0.717, 1.165) is 16.4 Å². The molecular weight excluding hydrogens is 445 g/mol. The smallest absolute Gasteiger partial charge is 0.320 e. The first-order chi connectivity index (χ1) is 14.8. The van der Waals surface area contributed by atoms with Crippen molar-refractivity contribution in [2.45, 2.75) is 24.9 Å². The van der Waals surface area contributed by atoms with Crippen molar-refractivity contribution in [1.29, 1.82) is 0 Å². The molecule has 1 aromatic heterocycles. The predicted molar refractivity (Wildman–Crippen MR) is 113 cm³/mol. The fourth-order valence-electron chi connectivity index (χ4n) is 3.04. The zero-order chi connectivity index (χ0) is 23.8. The number of rotatable bonds is 5. The van der Waals surface area contributed by atoms with Gasteiger partial charge in [0.05, 0.1) is 21.8 Å². The Labute approximate surface area is 183 Å². The van der Waals surface area contributed by atoms with E-state index in [1.807, 2.05) is 0 Å². The molecule has 1 amide bonds. The second kappa shape index (κ2) is 8.40. The van der Waals surface area contributed by atoms with E-state index in [0.29, 0.717) is 11.1 Å². The molecule has 0 atom stereocenters. The van der Waals surface area contributed by atoms with Crippen LogP contribution in [-0.2, 0) is 16.2 Å². The van der Waals surface area contributed by atoms with Gasteiger partial charge in [-0.2, -0.15) is 18.3 Å². The van der Waals surface area contributed by atoms with Gasteiger partial charge in [-0.3, -0.25) is 4.79 Å². The van der Waals surface area contributed by atoms with Crippen molar-refractivity contribution in [1.82, 2.24) is 14.1 Å². The van der Waals surface area contributed by atoms with Crippen LogP contribution in [0.1, 0.15) is 27.0 Å². The van der Waals surface area contributed by atoms with Crippen LogP contribution in [0.15, 0.2) is 53.7 Å². The van der Waals surface area contributed by atoms with E-state index in [-0.39, 0.29) is 21.8 Å². The second-order valence-corrected chi connectivity index (χ2v) is 9.46. The number of sulfonamides is 1. The first-order valence-corrected chi connectivity index (χ1v) is 10.8. The second-order valence-electron chi connectivity index (χ2n) is 7.34. The lowest BCUT2D eigenvalue weighted by Gasteiger charge is -2.18. The number of aryl methyl sites for hydroxylation is 1. The fourth-order valence-corrected chi connectivity index (χ4v) is 4.26. The van der Waals surface area contributed by atoms with Crippen LogP contribution < -0.4 is 5.32 Å². The molecule has 0 saturated carbocycles. The van der Waals surface area contributed by atoms with Crippen LogP contribution in [-0.4, -0.2) is 42.5 Å². The number of nitrogens with one attached hydrogen (secondary N) is 1. The molecule has 0 radical (unpaired) electrons. The molecule has 0 aliphatic heterocycles. The highest BCUT2D eigenvalue weighted by Crippen LogP contribution is 2.33. The van der Waals surface area contributed by atoms with Crippen molar-refractivity contribution in [3.05, 3.63) is 71.0 Å². The Morgan fingerprint density at radius 1 is 1.12 bits per heavy atom. The fraction of sp³-hybridized carbons (Fsp3) is 0.238. The summed E-state index contributed by atoms with van der Waals surface area (Å²) in [5, 5.41) is 6.48.